The first-order valence-electron chi connectivity index (χ1n) is 7.40. The zero-order valence-corrected chi connectivity index (χ0v) is 13.1. The second-order valence-corrected chi connectivity index (χ2v) is 6.33. The molecular formula is C19H14N2OS. The van der Waals surface area contributed by atoms with Crippen LogP contribution in [0.4, 0.5) is 0 Å². The minimum atomic E-state index is 0.0566. The lowest BCUT2D eigenvalue weighted by atomic mass is 10.1. The second-order valence-electron chi connectivity index (χ2n) is 5.38. The predicted octanol–water partition coefficient (Wildman–Crippen LogP) is 4.45. The molecule has 0 aliphatic carbocycles. The van der Waals surface area contributed by atoms with Gasteiger partial charge in [-0.05, 0) is 35.2 Å². The monoisotopic (exact) mass is 318 g/mol. The van der Waals surface area contributed by atoms with E-state index in [1.165, 1.54) is 16.9 Å². The van der Waals surface area contributed by atoms with Crippen molar-refractivity contribution in [3.63, 3.8) is 0 Å². The predicted molar refractivity (Wildman–Crippen MR) is 93.1 cm³/mol. The van der Waals surface area contributed by atoms with Crippen LogP contribution in [0.25, 0.3) is 11.0 Å². The van der Waals surface area contributed by atoms with E-state index >= 15 is 0 Å². The van der Waals surface area contributed by atoms with Crippen molar-refractivity contribution in [1.29, 1.82) is 0 Å². The van der Waals surface area contributed by atoms with Crippen molar-refractivity contribution in [3.8, 4) is 0 Å². The number of hydrogen-bond donors (Lipinski definition) is 1. The van der Waals surface area contributed by atoms with Crippen LogP contribution in [0.5, 0.6) is 0 Å². The second kappa shape index (κ2) is 5.82. The highest BCUT2D eigenvalue weighted by Gasteiger charge is 2.12. The van der Waals surface area contributed by atoms with Crippen LogP contribution in [-0.2, 0) is 6.42 Å². The van der Waals surface area contributed by atoms with Gasteiger partial charge in [-0.2, -0.15) is 0 Å². The Kier molecular flexibility index (Phi) is 3.52. The number of carbonyl (C=O) groups excluding carboxylic acids is 1. The summed E-state index contributed by atoms with van der Waals surface area (Å²) in [6, 6.07) is 19.6. The molecule has 0 bridgehead atoms. The Balaban J connectivity index is 1.66. The maximum absolute atomic E-state index is 12.4. The summed E-state index contributed by atoms with van der Waals surface area (Å²) < 4.78 is 0. The molecule has 0 saturated heterocycles. The molecule has 2 aromatic heterocycles. The van der Waals surface area contributed by atoms with Crippen molar-refractivity contribution in [2.75, 3.05) is 0 Å². The van der Waals surface area contributed by atoms with Gasteiger partial charge >= 0.3 is 0 Å². The molecule has 0 spiro atoms. The highest BCUT2D eigenvalue weighted by Crippen LogP contribution is 2.20. The van der Waals surface area contributed by atoms with E-state index in [0.717, 1.165) is 28.2 Å². The van der Waals surface area contributed by atoms with E-state index in [-0.39, 0.29) is 5.78 Å². The number of H-pyrrole nitrogens is 1. The Hall–Kier alpha value is -2.72. The van der Waals surface area contributed by atoms with Crippen LogP contribution in [0.15, 0.2) is 66.0 Å². The SMILES string of the molecule is O=C(c1ccc2nc(Cc3ccccc3)[nH]c2c1)c1cccs1. The average Bonchev–Trinajstić information content (AvgIpc) is 3.23. The molecule has 0 fully saturated rings. The van der Waals surface area contributed by atoms with E-state index in [1.54, 1.807) is 0 Å². The molecule has 23 heavy (non-hydrogen) atoms. The summed E-state index contributed by atoms with van der Waals surface area (Å²) in [6.07, 6.45) is 0.754. The number of ketones is 1. The summed E-state index contributed by atoms with van der Waals surface area (Å²) in [5, 5.41) is 1.92. The van der Waals surface area contributed by atoms with Crippen molar-refractivity contribution in [2.24, 2.45) is 0 Å². The zero-order valence-electron chi connectivity index (χ0n) is 12.3. The summed E-state index contributed by atoms with van der Waals surface area (Å²) in [7, 11) is 0. The molecule has 112 valence electrons. The van der Waals surface area contributed by atoms with Crippen LogP contribution in [0, 0.1) is 0 Å². The van der Waals surface area contributed by atoms with Crippen molar-refractivity contribution >= 4 is 28.2 Å². The first-order chi connectivity index (χ1) is 11.3. The minimum absolute atomic E-state index is 0.0566. The summed E-state index contributed by atoms with van der Waals surface area (Å²) in [6.45, 7) is 0. The van der Waals surface area contributed by atoms with E-state index in [2.05, 4.69) is 22.1 Å². The molecule has 0 unspecified atom stereocenters. The van der Waals surface area contributed by atoms with Gasteiger partial charge in [0.15, 0.2) is 0 Å². The summed E-state index contributed by atoms with van der Waals surface area (Å²) in [5.74, 6) is 0.966. The van der Waals surface area contributed by atoms with Gasteiger partial charge in [0.25, 0.3) is 0 Å². The number of thiophene rings is 1. The van der Waals surface area contributed by atoms with Gasteiger partial charge in [0.05, 0.1) is 15.9 Å². The molecule has 4 heteroatoms. The Bertz CT molecular complexity index is 956. The highest BCUT2D eigenvalue weighted by atomic mass is 32.1. The van der Waals surface area contributed by atoms with Crippen LogP contribution in [0.3, 0.4) is 0 Å². The normalized spacial score (nSPS) is 11.0. The molecule has 4 aromatic rings. The maximum Gasteiger partial charge on any atom is 0.203 e. The lowest BCUT2D eigenvalue weighted by molar-refractivity contribution is 0.104. The first kappa shape index (κ1) is 13.9. The molecule has 0 amide bonds. The number of benzene rings is 2. The molecule has 3 nitrogen and oxygen atoms in total. The van der Waals surface area contributed by atoms with Crippen LogP contribution in [0.2, 0.25) is 0 Å². The van der Waals surface area contributed by atoms with Gasteiger partial charge in [0.2, 0.25) is 5.78 Å². The standard InChI is InChI=1S/C19H14N2OS/c22-19(17-7-4-10-23-17)14-8-9-15-16(12-14)21-18(20-15)11-13-5-2-1-3-6-13/h1-10,12H,11H2,(H,20,21). The van der Waals surface area contributed by atoms with E-state index in [9.17, 15) is 4.79 Å². The Morgan fingerprint density at radius 2 is 1.91 bits per heavy atom. The van der Waals surface area contributed by atoms with Gasteiger partial charge in [-0.25, -0.2) is 4.98 Å². The van der Waals surface area contributed by atoms with Crippen molar-refractivity contribution in [1.82, 2.24) is 9.97 Å². The van der Waals surface area contributed by atoms with Crippen molar-refractivity contribution in [3.05, 3.63) is 87.9 Å². The molecule has 0 atom stereocenters. The topological polar surface area (TPSA) is 45.8 Å². The quantitative estimate of drug-likeness (QED) is 0.565. The van der Waals surface area contributed by atoms with E-state index in [0.29, 0.717) is 5.56 Å². The van der Waals surface area contributed by atoms with Gasteiger partial charge < -0.3 is 4.98 Å². The number of aromatic nitrogens is 2. The number of imidazole rings is 1. The summed E-state index contributed by atoms with van der Waals surface area (Å²) >= 11 is 1.46. The van der Waals surface area contributed by atoms with Gasteiger partial charge in [-0.15, -0.1) is 11.3 Å². The van der Waals surface area contributed by atoms with Gasteiger partial charge in [-0.3, -0.25) is 4.79 Å². The third kappa shape index (κ3) is 2.81. The third-order valence-corrected chi connectivity index (χ3v) is 4.62. The summed E-state index contributed by atoms with van der Waals surface area (Å²) in [4.78, 5) is 21.1. The van der Waals surface area contributed by atoms with Crippen molar-refractivity contribution in [2.45, 2.75) is 6.42 Å². The van der Waals surface area contributed by atoms with E-state index in [1.807, 2.05) is 53.9 Å². The number of fused-ring (bicyclic) bond motifs is 1. The molecule has 0 aliphatic heterocycles. The molecule has 0 aliphatic rings. The van der Waals surface area contributed by atoms with Gasteiger partial charge in [0.1, 0.15) is 5.82 Å². The fraction of sp³-hybridized carbons (Fsp3) is 0.0526. The molecular weight excluding hydrogens is 304 g/mol. The Labute approximate surface area is 137 Å². The van der Waals surface area contributed by atoms with Gasteiger partial charge in [-0.1, -0.05) is 36.4 Å². The number of hydrogen-bond acceptors (Lipinski definition) is 3. The number of carbonyl (C=O) groups is 1. The van der Waals surface area contributed by atoms with Crippen LogP contribution in [-0.4, -0.2) is 15.8 Å². The molecule has 4 rings (SSSR count). The number of rotatable bonds is 4. The fourth-order valence-corrected chi connectivity index (χ4v) is 3.31. The Morgan fingerprint density at radius 3 is 2.70 bits per heavy atom. The highest BCUT2D eigenvalue weighted by molar-refractivity contribution is 7.12. The number of nitrogens with zero attached hydrogens (tertiary/aromatic N) is 1. The van der Waals surface area contributed by atoms with Gasteiger partial charge in [0, 0.05) is 12.0 Å². The maximum atomic E-state index is 12.4. The van der Waals surface area contributed by atoms with Crippen molar-refractivity contribution < 1.29 is 4.79 Å². The number of aromatic amines is 1. The third-order valence-electron chi connectivity index (χ3n) is 3.75. The largest absolute Gasteiger partial charge is 0.342 e. The fourth-order valence-electron chi connectivity index (χ4n) is 2.63. The lowest BCUT2D eigenvalue weighted by Gasteiger charge is -1.98. The molecule has 1 N–H and O–H groups in total. The summed E-state index contributed by atoms with van der Waals surface area (Å²) in [5.41, 5.74) is 3.69. The zero-order chi connectivity index (χ0) is 15.6. The van der Waals surface area contributed by atoms with E-state index in [4.69, 9.17) is 0 Å². The average molecular weight is 318 g/mol. The minimum Gasteiger partial charge on any atom is -0.342 e. The molecule has 0 saturated carbocycles. The lowest BCUT2D eigenvalue weighted by Crippen LogP contribution is -1.97. The van der Waals surface area contributed by atoms with Crippen LogP contribution >= 0.6 is 11.3 Å². The molecule has 2 aromatic carbocycles. The molecule has 0 radical (unpaired) electrons. The van der Waals surface area contributed by atoms with E-state index < -0.39 is 0 Å². The molecule has 2 heterocycles. The Morgan fingerprint density at radius 1 is 1.04 bits per heavy atom. The van der Waals surface area contributed by atoms with Crippen LogP contribution < -0.4 is 0 Å². The number of nitrogens with one attached hydrogen (secondary N) is 1. The van der Waals surface area contributed by atoms with Crippen LogP contribution in [0.1, 0.15) is 26.6 Å². The smallest absolute Gasteiger partial charge is 0.203 e. The first-order valence-corrected chi connectivity index (χ1v) is 8.28.